The molecule has 6 heteroatoms. The van der Waals surface area contributed by atoms with Crippen LogP contribution in [-0.4, -0.2) is 46.7 Å². The Morgan fingerprint density at radius 3 is 3.15 bits per heavy atom. The lowest BCUT2D eigenvalue weighted by Gasteiger charge is -2.39. The van der Waals surface area contributed by atoms with Crippen LogP contribution in [0, 0.1) is 0 Å². The Morgan fingerprint density at radius 1 is 1.65 bits per heavy atom. The second-order valence-electron chi connectivity index (χ2n) is 5.50. The standard InChI is InChI=1S/C14H22N4O2/c1-14(20-2)5-3-7-18(10-14)9-11-4-6-16-12(8-11)13(15)17-19/h4,6,8,19H,3,5,7,9-10H2,1-2H3,(H2,15,17). The van der Waals surface area contributed by atoms with Crippen molar-refractivity contribution in [3.05, 3.63) is 29.6 Å². The summed E-state index contributed by atoms with van der Waals surface area (Å²) in [6.07, 6.45) is 3.90. The van der Waals surface area contributed by atoms with Crippen molar-refractivity contribution in [3.8, 4) is 0 Å². The van der Waals surface area contributed by atoms with E-state index in [9.17, 15) is 0 Å². The lowest BCUT2D eigenvalue weighted by Crippen LogP contribution is -2.46. The van der Waals surface area contributed by atoms with Crippen molar-refractivity contribution in [2.45, 2.75) is 31.9 Å². The Bertz CT molecular complexity index is 492. The van der Waals surface area contributed by atoms with Crippen LogP contribution in [-0.2, 0) is 11.3 Å². The van der Waals surface area contributed by atoms with E-state index in [2.05, 4.69) is 22.0 Å². The number of nitrogens with zero attached hydrogens (tertiary/aromatic N) is 3. The summed E-state index contributed by atoms with van der Waals surface area (Å²) in [5, 5.41) is 11.7. The van der Waals surface area contributed by atoms with Crippen molar-refractivity contribution in [2.24, 2.45) is 10.9 Å². The summed E-state index contributed by atoms with van der Waals surface area (Å²) in [4.78, 5) is 6.45. The highest BCUT2D eigenvalue weighted by Gasteiger charge is 2.30. The molecule has 1 fully saturated rings. The van der Waals surface area contributed by atoms with Gasteiger partial charge in [-0.15, -0.1) is 0 Å². The second-order valence-corrected chi connectivity index (χ2v) is 5.50. The van der Waals surface area contributed by atoms with Gasteiger partial charge >= 0.3 is 0 Å². The predicted molar refractivity (Wildman–Crippen MR) is 76.7 cm³/mol. The molecule has 1 aliphatic rings. The van der Waals surface area contributed by atoms with E-state index in [0.717, 1.165) is 38.0 Å². The van der Waals surface area contributed by atoms with Gasteiger partial charge in [0.2, 0.25) is 0 Å². The molecule has 1 aromatic rings. The van der Waals surface area contributed by atoms with Gasteiger partial charge < -0.3 is 15.7 Å². The largest absolute Gasteiger partial charge is 0.409 e. The van der Waals surface area contributed by atoms with E-state index in [1.54, 1.807) is 13.3 Å². The first-order chi connectivity index (χ1) is 9.56. The van der Waals surface area contributed by atoms with E-state index in [0.29, 0.717) is 5.69 Å². The zero-order valence-corrected chi connectivity index (χ0v) is 12.0. The monoisotopic (exact) mass is 278 g/mol. The molecular formula is C14H22N4O2. The number of nitrogens with two attached hydrogens (primary N) is 1. The summed E-state index contributed by atoms with van der Waals surface area (Å²) in [7, 11) is 1.77. The number of piperidine rings is 1. The van der Waals surface area contributed by atoms with Crippen LogP contribution in [0.2, 0.25) is 0 Å². The maximum atomic E-state index is 8.70. The SMILES string of the molecule is COC1(C)CCCN(Cc2ccnc(/C(N)=N/O)c2)C1. The van der Waals surface area contributed by atoms with Crippen molar-refractivity contribution in [1.29, 1.82) is 0 Å². The van der Waals surface area contributed by atoms with Gasteiger partial charge in [-0.2, -0.15) is 0 Å². The molecule has 0 amide bonds. The number of methoxy groups -OCH3 is 1. The number of amidine groups is 1. The maximum Gasteiger partial charge on any atom is 0.188 e. The fourth-order valence-electron chi connectivity index (χ4n) is 2.63. The molecule has 1 aliphatic heterocycles. The van der Waals surface area contributed by atoms with Gasteiger partial charge in [-0.1, -0.05) is 5.16 Å². The summed E-state index contributed by atoms with van der Waals surface area (Å²) < 4.78 is 5.60. The average molecular weight is 278 g/mol. The van der Waals surface area contributed by atoms with Gasteiger partial charge in [0, 0.05) is 26.4 Å². The van der Waals surface area contributed by atoms with Crippen LogP contribution < -0.4 is 5.73 Å². The zero-order chi connectivity index (χ0) is 14.6. The molecule has 1 saturated heterocycles. The van der Waals surface area contributed by atoms with Crippen LogP contribution >= 0.6 is 0 Å². The first-order valence-electron chi connectivity index (χ1n) is 6.77. The number of hydrogen-bond acceptors (Lipinski definition) is 5. The Balaban J connectivity index is 2.06. The van der Waals surface area contributed by atoms with Gasteiger partial charge in [-0.3, -0.25) is 9.88 Å². The van der Waals surface area contributed by atoms with Gasteiger partial charge in [0.05, 0.1) is 5.60 Å². The number of likely N-dealkylation sites (tertiary alicyclic amines) is 1. The third-order valence-electron chi connectivity index (χ3n) is 3.83. The van der Waals surface area contributed by atoms with Gasteiger partial charge in [0.1, 0.15) is 5.69 Å². The number of hydrogen-bond donors (Lipinski definition) is 2. The lowest BCUT2D eigenvalue weighted by molar-refractivity contribution is -0.0527. The molecule has 0 aliphatic carbocycles. The first kappa shape index (κ1) is 14.7. The van der Waals surface area contributed by atoms with Crippen LogP contribution in [0.25, 0.3) is 0 Å². The molecule has 2 rings (SSSR count). The summed E-state index contributed by atoms with van der Waals surface area (Å²) >= 11 is 0. The zero-order valence-electron chi connectivity index (χ0n) is 12.0. The predicted octanol–water partition coefficient (Wildman–Crippen LogP) is 1.18. The van der Waals surface area contributed by atoms with E-state index >= 15 is 0 Å². The fraction of sp³-hybridized carbons (Fsp3) is 0.571. The highest BCUT2D eigenvalue weighted by molar-refractivity contribution is 5.95. The Kier molecular flexibility index (Phi) is 4.57. The molecule has 110 valence electrons. The minimum absolute atomic E-state index is 0.0345. The minimum atomic E-state index is -0.0697. The fourth-order valence-corrected chi connectivity index (χ4v) is 2.63. The smallest absolute Gasteiger partial charge is 0.188 e. The second kappa shape index (κ2) is 6.19. The molecule has 0 bridgehead atoms. The molecule has 1 unspecified atom stereocenters. The van der Waals surface area contributed by atoms with Crippen molar-refractivity contribution in [2.75, 3.05) is 20.2 Å². The molecule has 0 radical (unpaired) electrons. The Hall–Kier alpha value is -1.66. The minimum Gasteiger partial charge on any atom is -0.409 e. The number of pyridine rings is 1. The number of rotatable bonds is 4. The molecule has 20 heavy (non-hydrogen) atoms. The highest BCUT2D eigenvalue weighted by Crippen LogP contribution is 2.24. The molecule has 1 atom stereocenters. The maximum absolute atomic E-state index is 8.70. The van der Waals surface area contributed by atoms with Gasteiger partial charge in [-0.25, -0.2) is 0 Å². The first-order valence-corrected chi connectivity index (χ1v) is 6.77. The number of oxime groups is 1. The molecule has 2 heterocycles. The third-order valence-corrected chi connectivity index (χ3v) is 3.83. The van der Waals surface area contributed by atoms with Gasteiger partial charge in [0.15, 0.2) is 5.84 Å². The number of aromatic nitrogens is 1. The Labute approximate surface area is 119 Å². The molecule has 3 N–H and O–H groups in total. The molecule has 0 saturated carbocycles. The van der Waals surface area contributed by atoms with E-state index in [4.69, 9.17) is 15.7 Å². The average Bonchev–Trinajstić information content (AvgIpc) is 2.47. The Morgan fingerprint density at radius 2 is 2.45 bits per heavy atom. The van der Waals surface area contributed by atoms with E-state index in [-0.39, 0.29) is 11.4 Å². The van der Waals surface area contributed by atoms with E-state index in [1.165, 1.54) is 0 Å². The molecule has 1 aromatic heterocycles. The van der Waals surface area contributed by atoms with Crippen LogP contribution in [0.4, 0.5) is 0 Å². The van der Waals surface area contributed by atoms with Gasteiger partial charge in [-0.05, 0) is 44.0 Å². The highest BCUT2D eigenvalue weighted by atomic mass is 16.5. The van der Waals surface area contributed by atoms with Crippen LogP contribution in [0.1, 0.15) is 31.0 Å². The molecule has 6 nitrogen and oxygen atoms in total. The van der Waals surface area contributed by atoms with Crippen LogP contribution in [0.3, 0.4) is 0 Å². The molecule has 0 aromatic carbocycles. The summed E-state index contributed by atoms with van der Waals surface area (Å²) in [6.45, 7) is 4.92. The molecular weight excluding hydrogens is 256 g/mol. The van der Waals surface area contributed by atoms with Gasteiger partial charge in [0.25, 0.3) is 0 Å². The summed E-state index contributed by atoms with van der Waals surface area (Å²) in [6, 6.07) is 3.81. The van der Waals surface area contributed by atoms with Crippen molar-refractivity contribution in [1.82, 2.24) is 9.88 Å². The lowest BCUT2D eigenvalue weighted by atomic mass is 9.94. The normalized spacial score (nSPS) is 24.8. The van der Waals surface area contributed by atoms with Crippen molar-refractivity contribution in [3.63, 3.8) is 0 Å². The van der Waals surface area contributed by atoms with Crippen molar-refractivity contribution >= 4 is 5.84 Å². The van der Waals surface area contributed by atoms with Crippen LogP contribution in [0.5, 0.6) is 0 Å². The van der Waals surface area contributed by atoms with E-state index < -0.39 is 0 Å². The molecule has 0 spiro atoms. The summed E-state index contributed by atoms with van der Waals surface area (Å²) in [5.74, 6) is 0.0345. The number of ether oxygens (including phenoxy) is 1. The topological polar surface area (TPSA) is 84.0 Å². The van der Waals surface area contributed by atoms with Crippen LogP contribution in [0.15, 0.2) is 23.5 Å². The van der Waals surface area contributed by atoms with E-state index in [1.807, 2.05) is 12.1 Å². The van der Waals surface area contributed by atoms with Crippen molar-refractivity contribution < 1.29 is 9.94 Å². The third kappa shape index (κ3) is 3.46. The summed E-state index contributed by atoms with van der Waals surface area (Å²) in [5.41, 5.74) is 7.09. The quantitative estimate of drug-likeness (QED) is 0.374.